The van der Waals surface area contributed by atoms with Crippen LogP contribution in [-0.2, 0) is 14.8 Å². The van der Waals surface area contributed by atoms with Gasteiger partial charge in [-0.3, -0.25) is 4.99 Å². The Morgan fingerprint density at radius 1 is 1.04 bits per heavy atom. The van der Waals surface area contributed by atoms with Crippen molar-refractivity contribution in [3.63, 3.8) is 0 Å². The molecule has 0 atom stereocenters. The van der Waals surface area contributed by atoms with Crippen LogP contribution < -0.4 is 20.7 Å². The number of alkyl carbamates (subject to hydrolysis) is 1. The molecule has 0 fully saturated rings. The highest BCUT2D eigenvalue weighted by Crippen LogP contribution is 2.05. The summed E-state index contributed by atoms with van der Waals surface area (Å²) in [5.41, 5.74) is -0.528. The lowest BCUT2D eigenvalue weighted by molar-refractivity contribution is 0.0529. The van der Waals surface area contributed by atoms with Crippen LogP contribution in [0.25, 0.3) is 0 Å². The minimum Gasteiger partial charge on any atom is -0.444 e. The number of rotatable bonds is 9. The minimum atomic E-state index is -3.20. The fourth-order valence-electron chi connectivity index (χ4n) is 1.47. The predicted molar refractivity (Wildman–Crippen MR) is 95.7 cm³/mol. The Morgan fingerprint density at radius 3 is 2.21 bits per heavy atom. The number of hydrogen-bond donors (Lipinski definition) is 4. The Bertz CT molecular complexity index is 500. The molecule has 0 bridgehead atoms. The van der Waals surface area contributed by atoms with Crippen molar-refractivity contribution in [2.75, 3.05) is 38.5 Å². The summed E-state index contributed by atoms with van der Waals surface area (Å²) in [6.45, 7) is 11.0. The zero-order valence-corrected chi connectivity index (χ0v) is 16.0. The number of guanidine groups is 1. The van der Waals surface area contributed by atoms with Gasteiger partial charge in [-0.25, -0.2) is 17.9 Å². The second-order valence-electron chi connectivity index (χ2n) is 5.91. The van der Waals surface area contributed by atoms with E-state index < -0.39 is 21.7 Å². The van der Waals surface area contributed by atoms with Crippen LogP contribution in [0, 0.1) is 0 Å². The summed E-state index contributed by atoms with van der Waals surface area (Å²) in [4.78, 5) is 15.7. The Kier molecular flexibility index (Phi) is 10.4. The largest absolute Gasteiger partial charge is 0.444 e. The van der Waals surface area contributed by atoms with Crippen molar-refractivity contribution in [1.29, 1.82) is 0 Å². The summed E-state index contributed by atoms with van der Waals surface area (Å²) in [5, 5.41) is 8.71. The van der Waals surface area contributed by atoms with Gasteiger partial charge in [-0.2, -0.15) is 0 Å². The van der Waals surface area contributed by atoms with Crippen molar-refractivity contribution in [1.82, 2.24) is 20.7 Å². The first-order chi connectivity index (χ1) is 11.1. The lowest BCUT2D eigenvalue weighted by Gasteiger charge is -2.19. The Balaban J connectivity index is 4.11. The Labute approximate surface area is 145 Å². The highest BCUT2D eigenvalue weighted by atomic mass is 32.2. The van der Waals surface area contributed by atoms with E-state index in [0.717, 1.165) is 0 Å². The first-order valence-corrected chi connectivity index (χ1v) is 9.71. The fourth-order valence-corrected chi connectivity index (χ4v) is 2.08. The van der Waals surface area contributed by atoms with Gasteiger partial charge in [0.25, 0.3) is 0 Å². The average Bonchev–Trinajstić information content (AvgIpc) is 2.46. The molecule has 0 aliphatic rings. The zero-order valence-electron chi connectivity index (χ0n) is 15.2. The molecule has 1 amide bonds. The molecular weight excluding hydrogens is 334 g/mol. The minimum absolute atomic E-state index is 0.0470. The average molecular weight is 366 g/mol. The van der Waals surface area contributed by atoms with Crippen LogP contribution in [0.15, 0.2) is 4.99 Å². The number of ether oxygens (including phenoxy) is 1. The first-order valence-electron chi connectivity index (χ1n) is 8.06. The van der Waals surface area contributed by atoms with Gasteiger partial charge in [0.1, 0.15) is 5.60 Å². The smallest absolute Gasteiger partial charge is 0.407 e. The first kappa shape index (κ1) is 22.4. The van der Waals surface area contributed by atoms with Gasteiger partial charge in [0, 0.05) is 26.2 Å². The number of nitrogens with zero attached hydrogens (tertiary/aromatic N) is 1. The van der Waals surface area contributed by atoms with Gasteiger partial charge in [-0.05, 0) is 34.6 Å². The van der Waals surface area contributed by atoms with Crippen molar-refractivity contribution >= 4 is 22.1 Å². The summed E-state index contributed by atoms with van der Waals surface area (Å²) in [7, 11) is -3.20. The third-order valence-corrected chi connectivity index (χ3v) is 3.92. The summed E-state index contributed by atoms with van der Waals surface area (Å²) < 4.78 is 30.2. The van der Waals surface area contributed by atoms with Gasteiger partial charge >= 0.3 is 6.09 Å². The van der Waals surface area contributed by atoms with Gasteiger partial charge < -0.3 is 20.7 Å². The third kappa shape index (κ3) is 12.9. The number of hydrogen-bond acceptors (Lipinski definition) is 5. The molecular formula is C14H31N5O4S. The molecule has 0 unspecified atom stereocenters. The molecule has 9 nitrogen and oxygen atoms in total. The van der Waals surface area contributed by atoms with Gasteiger partial charge in [0.15, 0.2) is 5.96 Å². The molecule has 10 heteroatoms. The van der Waals surface area contributed by atoms with Crippen molar-refractivity contribution in [3.05, 3.63) is 0 Å². The van der Waals surface area contributed by atoms with Crippen LogP contribution in [0.2, 0.25) is 0 Å². The van der Waals surface area contributed by atoms with Crippen LogP contribution in [0.1, 0.15) is 34.6 Å². The normalized spacial score (nSPS) is 12.6. The molecule has 0 radical (unpaired) electrons. The van der Waals surface area contributed by atoms with E-state index in [4.69, 9.17) is 4.74 Å². The van der Waals surface area contributed by atoms with Gasteiger partial charge in [0.2, 0.25) is 10.0 Å². The van der Waals surface area contributed by atoms with E-state index in [1.807, 2.05) is 6.92 Å². The molecule has 0 spiro atoms. The van der Waals surface area contributed by atoms with Crippen molar-refractivity contribution < 1.29 is 17.9 Å². The SMILES string of the molecule is CCNC(=NCCNS(=O)(=O)CC)NCCNC(=O)OC(C)(C)C. The van der Waals surface area contributed by atoms with Crippen LogP contribution in [0.5, 0.6) is 0 Å². The number of nitrogens with one attached hydrogen (secondary N) is 4. The molecule has 0 aliphatic carbocycles. The monoisotopic (exact) mass is 365 g/mol. The summed E-state index contributed by atoms with van der Waals surface area (Å²) in [5.74, 6) is 0.602. The number of sulfonamides is 1. The lowest BCUT2D eigenvalue weighted by Crippen LogP contribution is -2.42. The third-order valence-electron chi connectivity index (χ3n) is 2.51. The molecule has 0 heterocycles. The van der Waals surface area contributed by atoms with E-state index in [-0.39, 0.29) is 12.3 Å². The molecule has 0 rings (SSSR count). The van der Waals surface area contributed by atoms with Crippen molar-refractivity contribution in [2.45, 2.75) is 40.2 Å². The van der Waals surface area contributed by atoms with E-state index in [1.54, 1.807) is 27.7 Å². The van der Waals surface area contributed by atoms with E-state index in [1.165, 1.54) is 0 Å². The Morgan fingerprint density at radius 2 is 1.67 bits per heavy atom. The quantitative estimate of drug-likeness (QED) is 0.259. The maximum atomic E-state index is 11.5. The highest BCUT2D eigenvalue weighted by Gasteiger charge is 2.15. The van der Waals surface area contributed by atoms with Crippen LogP contribution in [0.3, 0.4) is 0 Å². The molecule has 0 aliphatic heterocycles. The molecule has 0 aromatic heterocycles. The second kappa shape index (κ2) is 11.1. The second-order valence-corrected chi connectivity index (χ2v) is 8.01. The molecule has 24 heavy (non-hydrogen) atoms. The molecule has 0 saturated heterocycles. The lowest BCUT2D eigenvalue weighted by atomic mass is 10.2. The van der Waals surface area contributed by atoms with Gasteiger partial charge in [-0.15, -0.1) is 0 Å². The van der Waals surface area contributed by atoms with Crippen molar-refractivity contribution in [2.24, 2.45) is 4.99 Å². The number of carbonyl (C=O) groups is 1. The number of carbonyl (C=O) groups excluding carboxylic acids is 1. The Hall–Kier alpha value is -1.55. The summed E-state index contributed by atoms with van der Waals surface area (Å²) in [6.07, 6.45) is -0.472. The molecule has 4 N–H and O–H groups in total. The van der Waals surface area contributed by atoms with E-state index in [2.05, 4.69) is 25.7 Å². The topological polar surface area (TPSA) is 121 Å². The van der Waals surface area contributed by atoms with Gasteiger partial charge in [0.05, 0.1) is 12.3 Å². The maximum Gasteiger partial charge on any atom is 0.407 e. The highest BCUT2D eigenvalue weighted by molar-refractivity contribution is 7.89. The van der Waals surface area contributed by atoms with Gasteiger partial charge in [-0.1, -0.05) is 0 Å². The molecule has 142 valence electrons. The fraction of sp³-hybridized carbons (Fsp3) is 0.857. The van der Waals surface area contributed by atoms with Crippen LogP contribution in [0.4, 0.5) is 4.79 Å². The molecule has 0 aromatic rings. The maximum absolute atomic E-state index is 11.5. The van der Waals surface area contributed by atoms with Crippen molar-refractivity contribution in [3.8, 4) is 0 Å². The molecule has 0 aromatic carbocycles. The standard InChI is InChI=1S/C14H31N5O4S/c1-6-15-12(17-10-11-19-24(21,22)7-2)16-8-9-18-13(20)23-14(3,4)5/h19H,6-11H2,1-5H3,(H,18,20)(H2,15,16,17). The van der Waals surface area contributed by atoms with E-state index in [0.29, 0.717) is 32.1 Å². The predicted octanol–water partition coefficient (Wildman–Crippen LogP) is 0.00550. The van der Waals surface area contributed by atoms with E-state index >= 15 is 0 Å². The van der Waals surface area contributed by atoms with E-state index in [9.17, 15) is 13.2 Å². The number of amides is 1. The number of aliphatic imine (C=N–C) groups is 1. The zero-order chi connectivity index (χ0) is 18.6. The van der Waals surface area contributed by atoms with Crippen LogP contribution in [-0.4, -0.2) is 64.5 Å². The summed E-state index contributed by atoms with van der Waals surface area (Å²) in [6, 6.07) is 0. The molecule has 0 saturated carbocycles. The van der Waals surface area contributed by atoms with Crippen LogP contribution >= 0.6 is 0 Å². The summed E-state index contributed by atoms with van der Waals surface area (Å²) >= 11 is 0.